The van der Waals surface area contributed by atoms with Gasteiger partial charge in [-0.3, -0.25) is 9.78 Å². The van der Waals surface area contributed by atoms with Crippen LogP contribution in [0.1, 0.15) is 24.0 Å². The lowest BCUT2D eigenvalue weighted by Gasteiger charge is -2.21. The smallest absolute Gasteiger partial charge is 0.223 e. The second-order valence-corrected chi connectivity index (χ2v) is 5.50. The van der Waals surface area contributed by atoms with Crippen LogP contribution >= 0.6 is 11.3 Å². The molecule has 21 heavy (non-hydrogen) atoms. The third-order valence-electron chi connectivity index (χ3n) is 3.15. The van der Waals surface area contributed by atoms with Gasteiger partial charge < -0.3 is 4.90 Å². The van der Waals surface area contributed by atoms with E-state index in [0.29, 0.717) is 25.9 Å². The van der Waals surface area contributed by atoms with Gasteiger partial charge in [0.1, 0.15) is 0 Å². The molecule has 2 heterocycles. The van der Waals surface area contributed by atoms with Gasteiger partial charge in [0.05, 0.1) is 12.5 Å². The van der Waals surface area contributed by atoms with Crippen molar-refractivity contribution in [2.45, 2.75) is 25.8 Å². The lowest BCUT2D eigenvalue weighted by molar-refractivity contribution is -0.131. The number of carbonyl (C=O) groups excluding carboxylic acids is 1. The minimum atomic E-state index is 0.0836. The van der Waals surface area contributed by atoms with Crippen molar-refractivity contribution in [3.63, 3.8) is 0 Å². The molecule has 2 aromatic rings. The topological polar surface area (TPSA) is 57.0 Å². The molecular formula is C16H17N3OS. The highest BCUT2D eigenvalue weighted by atomic mass is 32.1. The number of rotatable bonds is 7. The molecule has 4 nitrogen and oxygen atoms in total. The number of nitriles is 1. The number of hydrogen-bond donors (Lipinski definition) is 0. The van der Waals surface area contributed by atoms with Gasteiger partial charge >= 0.3 is 0 Å². The van der Waals surface area contributed by atoms with E-state index in [0.717, 1.165) is 12.0 Å². The van der Waals surface area contributed by atoms with E-state index in [1.807, 2.05) is 23.6 Å². The molecule has 0 unspecified atom stereocenters. The molecule has 0 spiro atoms. The van der Waals surface area contributed by atoms with Crippen LogP contribution in [0.25, 0.3) is 0 Å². The maximum Gasteiger partial charge on any atom is 0.223 e. The van der Waals surface area contributed by atoms with Crippen LogP contribution in [-0.2, 0) is 17.8 Å². The summed E-state index contributed by atoms with van der Waals surface area (Å²) in [7, 11) is 0. The van der Waals surface area contributed by atoms with Crippen LogP contribution in [0.3, 0.4) is 0 Å². The summed E-state index contributed by atoms with van der Waals surface area (Å²) in [4.78, 5) is 18.2. The number of aryl methyl sites for hydroxylation is 1. The third kappa shape index (κ3) is 5.01. The minimum Gasteiger partial charge on any atom is -0.337 e. The van der Waals surface area contributed by atoms with Crippen molar-refractivity contribution in [1.82, 2.24) is 9.88 Å². The normalized spacial score (nSPS) is 10.0. The predicted molar refractivity (Wildman–Crippen MR) is 82.5 cm³/mol. The van der Waals surface area contributed by atoms with Gasteiger partial charge in [-0.25, -0.2) is 0 Å². The summed E-state index contributed by atoms with van der Waals surface area (Å²) < 4.78 is 0. The van der Waals surface area contributed by atoms with E-state index in [-0.39, 0.29) is 5.91 Å². The molecule has 0 saturated carbocycles. The Morgan fingerprint density at radius 3 is 2.95 bits per heavy atom. The molecule has 0 radical (unpaired) electrons. The van der Waals surface area contributed by atoms with Crippen LogP contribution in [0.15, 0.2) is 41.4 Å². The summed E-state index contributed by atoms with van der Waals surface area (Å²) in [6, 6.07) is 7.94. The van der Waals surface area contributed by atoms with Crippen LogP contribution in [0.2, 0.25) is 0 Å². The van der Waals surface area contributed by atoms with Crippen molar-refractivity contribution >= 4 is 17.2 Å². The van der Waals surface area contributed by atoms with Crippen molar-refractivity contribution in [2.75, 3.05) is 6.54 Å². The molecule has 108 valence electrons. The zero-order chi connectivity index (χ0) is 14.9. The molecule has 0 aromatic carbocycles. The van der Waals surface area contributed by atoms with E-state index >= 15 is 0 Å². The first-order valence-electron chi connectivity index (χ1n) is 6.84. The fraction of sp³-hybridized carbons (Fsp3) is 0.312. The Labute approximate surface area is 128 Å². The van der Waals surface area contributed by atoms with E-state index in [2.05, 4.69) is 16.4 Å². The van der Waals surface area contributed by atoms with Crippen molar-refractivity contribution in [3.8, 4) is 6.07 Å². The van der Waals surface area contributed by atoms with Crippen LogP contribution in [0.5, 0.6) is 0 Å². The van der Waals surface area contributed by atoms with Gasteiger partial charge in [0.15, 0.2) is 0 Å². The fourth-order valence-electron chi connectivity index (χ4n) is 2.03. The number of pyridine rings is 1. The molecule has 0 atom stereocenters. The molecule has 1 amide bonds. The van der Waals surface area contributed by atoms with Gasteiger partial charge in [-0.15, -0.1) is 0 Å². The Morgan fingerprint density at radius 2 is 2.29 bits per heavy atom. The van der Waals surface area contributed by atoms with Crippen LogP contribution in [0.4, 0.5) is 0 Å². The van der Waals surface area contributed by atoms with E-state index in [9.17, 15) is 4.79 Å². The van der Waals surface area contributed by atoms with Gasteiger partial charge in [0.25, 0.3) is 0 Å². The van der Waals surface area contributed by atoms with E-state index in [1.54, 1.807) is 28.6 Å². The van der Waals surface area contributed by atoms with Gasteiger partial charge in [0.2, 0.25) is 5.91 Å². The second-order valence-electron chi connectivity index (χ2n) is 4.72. The largest absolute Gasteiger partial charge is 0.337 e. The standard InChI is InChI=1S/C16H17N3OS/c17-7-2-9-19(12-15-3-1-8-18-11-15)16(20)5-4-14-6-10-21-13-14/h1,3,6,8,10-11,13H,2,4-5,9,12H2. The number of nitrogens with zero attached hydrogens (tertiary/aromatic N) is 3. The molecule has 0 aliphatic carbocycles. The summed E-state index contributed by atoms with van der Waals surface area (Å²) in [6.45, 7) is 0.978. The average molecular weight is 299 g/mol. The fourth-order valence-corrected chi connectivity index (χ4v) is 2.74. The molecule has 2 rings (SSSR count). The maximum absolute atomic E-state index is 12.3. The van der Waals surface area contributed by atoms with Gasteiger partial charge in [-0.2, -0.15) is 16.6 Å². The third-order valence-corrected chi connectivity index (χ3v) is 3.88. The summed E-state index contributed by atoms with van der Waals surface area (Å²) in [5.41, 5.74) is 2.18. The second kappa shape index (κ2) is 8.18. The number of aromatic nitrogens is 1. The Hall–Kier alpha value is -2.19. The summed E-state index contributed by atoms with van der Waals surface area (Å²) in [5, 5.41) is 12.8. The number of carbonyl (C=O) groups is 1. The summed E-state index contributed by atoms with van der Waals surface area (Å²) >= 11 is 1.64. The summed E-state index contributed by atoms with van der Waals surface area (Å²) in [5.74, 6) is 0.0836. The highest BCUT2D eigenvalue weighted by molar-refractivity contribution is 7.07. The van der Waals surface area contributed by atoms with Crippen LogP contribution in [0, 0.1) is 11.3 Å². The Kier molecular flexibility index (Phi) is 5.92. The molecule has 0 aliphatic rings. The zero-order valence-corrected chi connectivity index (χ0v) is 12.6. The molecule has 2 aromatic heterocycles. The number of amides is 1. The molecule has 0 aliphatic heterocycles. The van der Waals surface area contributed by atoms with Crippen LogP contribution in [-0.4, -0.2) is 22.3 Å². The highest BCUT2D eigenvalue weighted by Crippen LogP contribution is 2.11. The van der Waals surface area contributed by atoms with E-state index in [1.165, 1.54) is 5.56 Å². The Morgan fingerprint density at radius 1 is 1.38 bits per heavy atom. The lowest BCUT2D eigenvalue weighted by atomic mass is 10.1. The number of hydrogen-bond acceptors (Lipinski definition) is 4. The molecule has 0 saturated heterocycles. The zero-order valence-electron chi connectivity index (χ0n) is 11.7. The minimum absolute atomic E-state index is 0.0836. The first kappa shape index (κ1) is 15.2. The highest BCUT2D eigenvalue weighted by Gasteiger charge is 2.14. The van der Waals surface area contributed by atoms with Crippen molar-refractivity contribution in [1.29, 1.82) is 5.26 Å². The number of thiophene rings is 1. The van der Waals surface area contributed by atoms with Gasteiger partial charge in [-0.1, -0.05) is 6.07 Å². The quantitative estimate of drug-likeness (QED) is 0.789. The van der Waals surface area contributed by atoms with Gasteiger partial charge in [-0.05, 0) is 40.4 Å². The lowest BCUT2D eigenvalue weighted by Crippen LogP contribution is -2.31. The van der Waals surface area contributed by atoms with Crippen LogP contribution < -0.4 is 0 Å². The van der Waals surface area contributed by atoms with E-state index in [4.69, 9.17) is 5.26 Å². The summed E-state index contributed by atoms with van der Waals surface area (Å²) in [6.07, 6.45) is 5.04. The maximum atomic E-state index is 12.3. The monoisotopic (exact) mass is 299 g/mol. The molecular weight excluding hydrogens is 282 g/mol. The van der Waals surface area contributed by atoms with Crippen molar-refractivity contribution in [3.05, 3.63) is 52.5 Å². The molecule has 5 heteroatoms. The Balaban J connectivity index is 1.94. The first-order valence-corrected chi connectivity index (χ1v) is 7.78. The van der Waals surface area contributed by atoms with Crippen molar-refractivity contribution in [2.24, 2.45) is 0 Å². The first-order chi connectivity index (χ1) is 10.3. The Bertz CT molecular complexity index is 590. The van der Waals surface area contributed by atoms with Gasteiger partial charge in [0, 0.05) is 31.9 Å². The average Bonchev–Trinajstić information content (AvgIpc) is 3.03. The van der Waals surface area contributed by atoms with Crippen molar-refractivity contribution < 1.29 is 4.79 Å². The SMILES string of the molecule is N#CCCN(Cc1cccnc1)C(=O)CCc1ccsc1. The molecule has 0 bridgehead atoms. The molecule has 0 N–H and O–H groups in total. The molecule has 0 fully saturated rings. The van der Waals surface area contributed by atoms with E-state index < -0.39 is 0 Å². The predicted octanol–water partition coefficient (Wildman–Crippen LogP) is 3.02.